The molecule has 1 amide bonds. The average molecular weight is 482 g/mol. The SMILES string of the molecule is CCN(O)C1=C(N2Cc3ccccc3C2=O)c2c(ccc(C(F)(F)C(F)(F)F)c2C)OC1(C)C. The molecule has 0 saturated carbocycles. The smallest absolute Gasteiger partial charge is 0.458 e. The van der Waals surface area contributed by atoms with Crippen LogP contribution >= 0.6 is 0 Å². The van der Waals surface area contributed by atoms with Crippen molar-refractivity contribution in [1.29, 1.82) is 0 Å². The Morgan fingerprint density at radius 2 is 1.76 bits per heavy atom. The zero-order valence-corrected chi connectivity index (χ0v) is 18.9. The molecule has 0 spiro atoms. The van der Waals surface area contributed by atoms with Gasteiger partial charge in [0.05, 0.1) is 12.2 Å². The molecule has 0 aromatic heterocycles. The Balaban J connectivity index is 2.04. The number of benzene rings is 2. The van der Waals surface area contributed by atoms with E-state index in [1.54, 1.807) is 45.0 Å². The predicted molar refractivity (Wildman–Crippen MR) is 113 cm³/mol. The van der Waals surface area contributed by atoms with Crippen molar-refractivity contribution in [3.8, 4) is 5.75 Å². The van der Waals surface area contributed by atoms with Crippen molar-refractivity contribution in [3.63, 3.8) is 0 Å². The molecule has 0 atom stereocenters. The van der Waals surface area contributed by atoms with Gasteiger partial charge in [0.1, 0.15) is 17.0 Å². The normalized spacial score (nSPS) is 17.5. The molecule has 0 unspecified atom stereocenters. The van der Waals surface area contributed by atoms with Gasteiger partial charge in [0.15, 0.2) is 0 Å². The van der Waals surface area contributed by atoms with Gasteiger partial charge in [-0.2, -0.15) is 22.0 Å². The Kier molecular flexibility index (Phi) is 5.43. The fraction of sp³-hybridized carbons (Fsp3) is 0.375. The van der Waals surface area contributed by atoms with Crippen LogP contribution in [0.1, 0.15) is 53.4 Å². The van der Waals surface area contributed by atoms with E-state index in [0.29, 0.717) is 17.2 Å². The van der Waals surface area contributed by atoms with E-state index in [9.17, 15) is 32.0 Å². The number of hydroxylamine groups is 2. The van der Waals surface area contributed by atoms with Crippen molar-refractivity contribution >= 4 is 11.6 Å². The summed E-state index contributed by atoms with van der Waals surface area (Å²) in [5.74, 6) is -5.55. The first-order chi connectivity index (χ1) is 15.7. The summed E-state index contributed by atoms with van der Waals surface area (Å²) in [6.45, 7) is 6.09. The van der Waals surface area contributed by atoms with Gasteiger partial charge in [-0.05, 0) is 57.0 Å². The number of likely N-dealkylation sites (N-methyl/N-ethyl adjacent to an activating group) is 1. The third kappa shape index (κ3) is 3.43. The lowest BCUT2D eigenvalue weighted by Gasteiger charge is -2.42. The van der Waals surface area contributed by atoms with E-state index in [1.165, 1.54) is 4.90 Å². The Hall–Kier alpha value is -3.14. The molecule has 1 N–H and O–H groups in total. The van der Waals surface area contributed by atoms with Crippen LogP contribution in [0.2, 0.25) is 0 Å². The largest absolute Gasteiger partial charge is 0.481 e. The van der Waals surface area contributed by atoms with Gasteiger partial charge >= 0.3 is 12.1 Å². The molecule has 2 aromatic rings. The third-order valence-electron chi connectivity index (χ3n) is 6.17. The van der Waals surface area contributed by atoms with Crippen molar-refractivity contribution in [2.45, 2.75) is 51.9 Å². The number of carbonyl (C=O) groups excluding carboxylic acids is 1. The summed E-state index contributed by atoms with van der Waals surface area (Å²) in [5.41, 5.74) is -1.79. The van der Waals surface area contributed by atoms with Crippen LogP contribution in [0.25, 0.3) is 5.70 Å². The molecule has 0 bridgehead atoms. The maximum atomic E-state index is 14.4. The first-order valence-corrected chi connectivity index (χ1v) is 10.6. The van der Waals surface area contributed by atoms with Crippen LogP contribution in [0.5, 0.6) is 5.75 Å². The zero-order valence-electron chi connectivity index (χ0n) is 18.9. The molecular weight excluding hydrogens is 459 g/mol. The zero-order chi connectivity index (χ0) is 25.2. The number of halogens is 5. The first kappa shape index (κ1) is 24.0. The van der Waals surface area contributed by atoms with Gasteiger partial charge in [0.2, 0.25) is 0 Å². The lowest BCUT2D eigenvalue weighted by molar-refractivity contribution is -0.289. The highest BCUT2D eigenvalue weighted by Gasteiger charge is 2.60. The Morgan fingerprint density at radius 1 is 1.12 bits per heavy atom. The van der Waals surface area contributed by atoms with Crippen LogP contribution in [-0.4, -0.2) is 39.4 Å². The number of ether oxygens (including phenoxy) is 1. The summed E-state index contributed by atoms with van der Waals surface area (Å²) in [6.07, 6.45) is -5.82. The summed E-state index contributed by atoms with van der Waals surface area (Å²) >= 11 is 0. The second-order valence-corrected chi connectivity index (χ2v) is 8.76. The quantitative estimate of drug-likeness (QED) is 0.439. The average Bonchev–Trinajstić information content (AvgIpc) is 3.07. The molecule has 0 aliphatic carbocycles. The predicted octanol–water partition coefficient (Wildman–Crippen LogP) is 5.86. The third-order valence-corrected chi connectivity index (χ3v) is 6.17. The van der Waals surface area contributed by atoms with E-state index in [4.69, 9.17) is 4.74 Å². The van der Waals surface area contributed by atoms with E-state index in [2.05, 4.69) is 0 Å². The minimum Gasteiger partial charge on any atom is -0.481 e. The van der Waals surface area contributed by atoms with E-state index in [1.807, 2.05) is 0 Å². The van der Waals surface area contributed by atoms with Crippen LogP contribution in [0.3, 0.4) is 0 Å². The number of hydrogen-bond donors (Lipinski definition) is 1. The number of hydrogen-bond acceptors (Lipinski definition) is 4. The molecule has 2 aliphatic rings. The molecule has 34 heavy (non-hydrogen) atoms. The second-order valence-electron chi connectivity index (χ2n) is 8.76. The number of alkyl halides is 5. The maximum absolute atomic E-state index is 14.4. The first-order valence-electron chi connectivity index (χ1n) is 10.6. The monoisotopic (exact) mass is 482 g/mol. The van der Waals surface area contributed by atoms with Crippen LogP contribution in [0, 0.1) is 6.92 Å². The number of carbonyl (C=O) groups is 1. The molecule has 0 saturated heterocycles. The van der Waals surface area contributed by atoms with Gasteiger partial charge < -0.3 is 9.64 Å². The molecule has 0 radical (unpaired) electrons. The van der Waals surface area contributed by atoms with E-state index < -0.39 is 34.7 Å². The van der Waals surface area contributed by atoms with Crippen molar-refractivity contribution in [3.05, 3.63) is 69.9 Å². The van der Waals surface area contributed by atoms with E-state index in [0.717, 1.165) is 18.1 Å². The topological polar surface area (TPSA) is 53.0 Å². The van der Waals surface area contributed by atoms with Crippen LogP contribution in [0.15, 0.2) is 42.1 Å². The molecule has 4 rings (SSSR count). The lowest BCUT2D eigenvalue weighted by atomic mass is 9.88. The van der Waals surface area contributed by atoms with Gasteiger partial charge in [-0.3, -0.25) is 15.1 Å². The van der Waals surface area contributed by atoms with Crippen molar-refractivity contribution in [2.24, 2.45) is 0 Å². The number of fused-ring (bicyclic) bond motifs is 2. The molecule has 5 nitrogen and oxygen atoms in total. The fourth-order valence-electron chi connectivity index (χ4n) is 4.57. The van der Waals surface area contributed by atoms with Gasteiger partial charge in [-0.25, -0.2) is 0 Å². The lowest BCUT2D eigenvalue weighted by Crippen LogP contribution is -2.45. The Labute approximate surface area is 193 Å². The summed E-state index contributed by atoms with van der Waals surface area (Å²) in [6, 6.07) is 8.51. The molecule has 182 valence electrons. The van der Waals surface area contributed by atoms with Crippen LogP contribution in [0.4, 0.5) is 22.0 Å². The molecule has 0 fully saturated rings. The van der Waals surface area contributed by atoms with Gasteiger partial charge in [0.25, 0.3) is 5.91 Å². The van der Waals surface area contributed by atoms with Crippen molar-refractivity contribution in [2.75, 3.05) is 6.54 Å². The number of nitrogens with zero attached hydrogens (tertiary/aromatic N) is 2. The Morgan fingerprint density at radius 3 is 2.35 bits per heavy atom. The second kappa shape index (κ2) is 7.69. The minimum absolute atomic E-state index is 0.0362. The molecular formula is C24H23F5N2O3. The van der Waals surface area contributed by atoms with Crippen molar-refractivity contribution in [1.82, 2.24) is 9.96 Å². The molecule has 10 heteroatoms. The standard InChI is InChI=1S/C24H23F5N2O3/c1-5-31(33)20-19(30-12-14-8-6-7-9-15(14)21(30)32)18-13(2)16(23(25,26)24(27,28)29)10-11-17(18)34-22(20,3)4/h6-11,33H,5,12H2,1-4H3. The summed E-state index contributed by atoms with van der Waals surface area (Å²) in [7, 11) is 0. The van der Waals surface area contributed by atoms with Gasteiger partial charge in [-0.1, -0.05) is 18.2 Å². The number of amides is 1. The van der Waals surface area contributed by atoms with E-state index >= 15 is 0 Å². The van der Waals surface area contributed by atoms with Gasteiger partial charge in [0, 0.05) is 23.2 Å². The summed E-state index contributed by atoms with van der Waals surface area (Å²) < 4.78 is 74.6. The highest BCUT2D eigenvalue weighted by atomic mass is 19.4. The fourth-order valence-corrected chi connectivity index (χ4v) is 4.57. The maximum Gasteiger partial charge on any atom is 0.458 e. The summed E-state index contributed by atoms with van der Waals surface area (Å²) in [5, 5.41) is 11.6. The molecule has 2 heterocycles. The van der Waals surface area contributed by atoms with Crippen LogP contribution in [-0.2, 0) is 12.5 Å². The van der Waals surface area contributed by atoms with Gasteiger partial charge in [-0.15, -0.1) is 0 Å². The Bertz CT molecular complexity index is 1200. The number of rotatable bonds is 4. The van der Waals surface area contributed by atoms with E-state index in [-0.39, 0.29) is 35.8 Å². The molecule has 2 aromatic carbocycles. The highest BCUT2D eigenvalue weighted by molar-refractivity contribution is 6.04. The molecule has 2 aliphatic heterocycles. The van der Waals surface area contributed by atoms with Crippen LogP contribution < -0.4 is 4.74 Å². The minimum atomic E-state index is -5.82. The van der Waals surface area contributed by atoms with Crippen molar-refractivity contribution < 1.29 is 36.7 Å². The summed E-state index contributed by atoms with van der Waals surface area (Å²) in [4.78, 5) is 14.6. The highest BCUT2D eigenvalue weighted by Crippen LogP contribution is 2.51.